The molecule has 15 heteroatoms. The molecule has 3 aromatic rings. The molecule has 1 saturated heterocycles. The number of halogens is 1. The Balaban J connectivity index is 1.59. The van der Waals surface area contributed by atoms with Crippen LogP contribution in [0.2, 0.25) is 0 Å². The molecule has 1 aromatic carbocycles. The van der Waals surface area contributed by atoms with Gasteiger partial charge in [-0.1, -0.05) is 18.2 Å². The zero-order valence-corrected chi connectivity index (χ0v) is 23.3. The number of anilines is 1. The van der Waals surface area contributed by atoms with Gasteiger partial charge in [-0.25, -0.2) is 23.9 Å². The van der Waals surface area contributed by atoms with Gasteiger partial charge >= 0.3 is 13.7 Å². The van der Waals surface area contributed by atoms with Crippen molar-refractivity contribution in [2.75, 3.05) is 32.7 Å². The van der Waals surface area contributed by atoms with Gasteiger partial charge in [-0.3, -0.25) is 13.9 Å². The highest BCUT2D eigenvalue weighted by atomic mass is 31.2. The van der Waals surface area contributed by atoms with Gasteiger partial charge in [-0.05, 0) is 32.9 Å². The predicted octanol–water partition coefficient (Wildman–Crippen LogP) is 2.54. The van der Waals surface area contributed by atoms with Gasteiger partial charge in [0.15, 0.2) is 28.9 Å². The molecule has 2 aromatic heterocycles. The Kier molecular flexibility index (Phi) is 8.24. The van der Waals surface area contributed by atoms with Crippen molar-refractivity contribution in [3.05, 3.63) is 42.5 Å². The number of aryl methyl sites for hydroxylation is 1. The molecule has 39 heavy (non-hydrogen) atoms. The molecule has 4 rings (SSSR count). The Morgan fingerprint density at radius 3 is 2.67 bits per heavy atom. The van der Waals surface area contributed by atoms with E-state index in [1.807, 2.05) is 0 Å². The maximum absolute atomic E-state index is 16.0. The second kappa shape index (κ2) is 11.1. The van der Waals surface area contributed by atoms with E-state index in [-0.39, 0.29) is 5.75 Å². The van der Waals surface area contributed by atoms with E-state index in [1.165, 1.54) is 31.9 Å². The quantitative estimate of drug-likeness (QED) is 0.274. The number of esters is 1. The standard InChI is InChI=1S/C24H32FN6O7P/c1-14(22(33)35-6)29-39(34,38-16-10-8-7-9-11-16)36-12-17-19(32)24(3,25)23(37-17)31-13-26-18-20(30(4)5)27-15(2)28-21(18)31/h7-11,13-14,17,19,23,32H,12H2,1-6H3,(H,29,34)/t14-,17+,19+,23+,24+,39?/m0/s1. The molecular formula is C24H32FN6O7P. The lowest BCUT2D eigenvalue weighted by molar-refractivity contribution is -0.142. The number of para-hydroxylation sites is 1. The number of nitrogens with zero attached hydrogens (tertiary/aromatic N) is 5. The number of benzene rings is 1. The number of imidazole rings is 1. The van der Waals surface area contributed by atoms with Gasteiger partial charge < -0.3 is 24.0 Å². The lowest BCUT2D eigenvalue weighted by Gasteiger charge is -2.25. The van der Waals surface area contributed by atoms with Gasteiger partial charge in [0.2, 0.25) is 0 Å². The monoisotopic (exact) mass is 566 g/mol. The van der Waals surface area contributed by atoms with Crippen LogP contribution in [0.5, 0.6) is 5.75 Å². The number of hydrogen-bond donors (Lipinski definition) is 2. The van der Waals surface area contributed by atoms with Gasteiger partial charge in [-0.15, -0.1) is 0 Å². The van der Waals surface area contributed by atoms with E-state index in [0.29, 0.717) is 22.8 Å². The largest absolute Gasteiger partial charge is 0.468 e. The molecule has 6 atom stereocenters. The minimum atomic E-state index is -4.24. The summed E-state index contributed by atoms with van der Waals surface area (Å²) in [5.74, 6) is 0.477. The number of aliphatic hydroxyl groups is 1. The zero-order chi connectivity index (χ0) is 28.5. The van der Waals surface area contributed by atoms with Crippen molar-refractivity contribution in [1.82, 2.24) is 24.6 Å². The molecule has 3 heterocycles. The van der Waals surface area contributed by atoms with E-state index < -0.39 is 50.5 Å². The number of carbonyl (C=O) groups is 1. The minimum absolute atomic E-state index is 0.197. The molecule has 1 fully saturated rings. The van der Waals surface area contributed by atoms with Crippen LogP contribution < -0.4 is 14.5 Å². The molecule has 13 nitrogen and oxygen atoms in total. The number of rotatable bonds is 10. The zero-order valence-electron chi connectivity index (χ0n) is 22.4. The summed E-state index contributed by atoms with van der Waals surface area (Å²) in [5.41, 5.74) is -1.56. The summed E-state index contributed by atoms with van der Waals surface area (Å²) in [6.45, 7) is 3.77. The summed E-state index contributed by atoms with van der Waals surface area (Å²) in [6.07, 6.45) is -2.92. The fraction of sp³-hybridized carbons (Fsp3) is 0.500. The first kappa shape index (κ1) is 28.8. The molecule has 2 N–H and O–H groups in total. The van der Waals surface area contributed by atoms with Crippen molar-refractivity contribution in [3.8, 4) is 5.75 Å². The van der Waals surface area contributed by atoms with Gasteiger partial charge in [0, 0.05) is 14.1 Å². The van der Waals surface area contributed by atoms with E-state index in [4.69, 9.17) is 13.8 Å². The van der Waals surface area contributed by atoms with E-state index in [2.05, 4.69) is 24.8 Å². The van der Waals surface area contributed by atoms with Crippen LogP contribution in [-0.2, 0) is 23.4 Å². The second-order valence-electron chi connectivity index (χ2n) is 9.51. The number of carbonyl (C=O) groups excluding carboxylic acids is 1. The fourth-order valence-electron chi connectivity index (χ4n) is 4.19. The Hall–Kier alpha value is -3.16. The van der Waals surface area contributed by atoms with Crippen molar-refractivity contribution in [2.45, 2.75) is 50.9 Å². The summed E-state index contributed by atoms with van der Waals surface area (Å²) < 4.78 is 52.7. The molecular weight excluding hydrogens is 534 g/mol. The van der Waals surface area contributed by atoms with Crippen molar-refractivity contribution in [2.24, 2.45) is 0 Å². The number of methoxy groups -OCH3 is 1. The van der Waals surface area contributed by atoms with Crippen LogP contribution in [0.3, 0.4) is 0 Å². The van der Waals surface area contributed by atoms with Crippen molar-refractivity contribution >= 4 is 30.7 Å². The van der Waals surface area contributed by atoms with Crippen LogP contribution in [-0.4, -0.2) is 82.3 Å². The van der Waals surface area contributed by atoms with Crippen molar-refractivity contribution in [3.63, 3.8) is 0 Å². The number of aliphatic hydroxyl groups excluding tert-OH is 1. The molecule has 0 spiro atoms. The Morgan fingerprint density at radius 1 is 1.33 bits per heavy atom. The summed E-state index contributed by atoms with van der Waals surface area (Å²) in [6, 6.07) is 7.09. The SMILES string of the molecule is COC(=O)[C@H](C)NP(=O)(OC[C@H]1O[C@@H](n2cnc3c(N(C)C)nc(C)nc32)[C@](C)(F)[C@@H]1O)Oc1ccccc1. The molecule has 0 aliphatic carbocycles. The number of aromatic nitrogens is 4. The number of ether oxygens (including phenoxy) is 2. The van der Waals surface area contributed by atoms with E-state index in [9.17, 15) is 14.5 Å². The van der Waals surface area contributed by atoms with Crippen LogP contribution in [0.1, 0.15) is 25.9 Å². The van der Waals surface area contributed by atoms with E-state index >= 15 is 4.39 Å². The summed E-state index contributed by atoms with van der Waals surface area (Å²) in [4.78, 5) is 26.9. The molecule has 1 aliphatic heterocycles. The third-order valence-corrected chi connectivity index (χ3v) is 7.84. The maximum atomic E-state index is 16.0. The number of hydrogen-bond acceptors (Lipinski definition) is 11. The first-order chi connectivity index (χ1) is 18.4. The minimum Gasteiger partial charge on any atom is -0.468 e. The van der Waals surface area contributed by atoms with Gasteiger partial charge in [0.05, 0.1) is 20.0 Å². The first-order valence-electron chi connectivity index (χ1n) is 12.1. The predicted molar refractivity (Wildman–Crippen MR) is 139 cm³/mol. The molecule has 0 bridgehead atoms. The topological polar surface area (TPSA) is 150 Å². The molecule has 212 valence electrons. The number of alkyl halides is 1. The lowest BCUT2D eigenvalue weighted by atomic mass is 9.98. The Morgan fingerprint density at radius 2 is 2.03 bits per heavy atom. The average Bonchev–Trinajstić information content (AvgIpc) is 3.39. The molecule has 0 saturated carbocycles. The molecule has 1 unspecified atom stereocenters. The first-order valence-corrected chi connectivity index (χ1v) is 13.7. The molecule has 0 radical (unpaired) electrons. The highest BCUT2D eigenvalue weighted by Crippen LogP contribution is 2.48. The van der Waals surface area contributed by atoms with Crippen molar-refractivity contribution < 1.29 is 37.4 Å². The van der Waals surface area contributed by atoms with Crippen LogP contribution in [0.15, 0.2) is 36.7 Å². The van der Waals surface area contributed by atoms with Crippen molar-refractivity contribution in [1.29, 1.82) is 0 Å². The van der Waals surface area contributed by atoms with Gasteiger partial charge in [-0.2, -0.15) is 5.09 Å². The van der Waals surface area contributed by atoms with E-state index in [0.717, 1.165) is 0 Å². The van der Waals surface area contributed by atoms with Crippen LogP contribution in [0.4, 0.5) is 10.2 Å². The average molecular weight is 567 g/mol. The van der Waals surface area contributed by atoms with Gasteiger partial charge in [0.1, 0.15) is 29.8 Å². The third-order valence-electron chi connectivity index (χ3n) is 6.19. The highest BCUT2D eigenvalue weighted by molar-refractivity contribution is 7.52. The third kappa shape index (κ3) is 5.89. The summed E-state index contributed by atoms with van der Waals surface area (Å²) in [5, 5.41) is 13.4. The lowest BCUT2D eigenvalue weighted by Crippen LogP contribution is -2.41. The summed E-state index contributed by atoms with van der Waals surface area (Å²) >= 11 is 0. The fourth-order valence-corrected chi connectivity index (χ4v) is 5.69. The molecule has 0 amide bonds. The Labute approximate surface area is 224 Å². The van der Waals surface area contributed by atoms with Crippen LogP contribution >= 0.6 is 7.75 Å². The maximum Gasteiger partial charge on any atom is 0.459 e. The smallest absolute Gasteiger partial charge is 0.459 e. The number of fused-ring (bicyclic) bond motifs is 1. The molecule has 1 aliphatic rings. The second-order valence-corrected chi connectivity index (χ2v) is 11.2. The van der Waals surface area contributed by atoms with Crippen LogP contribution in [0.25, 0.3) is 11.2 Å². The summed E-state index contributed by atoms with van der Waals surface area (Å²) in [7, 11) is 0.544. The Bertz CT molecular complexity index is 1370. The number of nitrogens with one attached hydrogen (secondary N) is 1. The van der Waals surface area contributed by atoms with E-state index in [1.54, 1.807) is 56.3 Å². The normalized spacial score (nSPS) is 25.3. The van der Waals surface area contributed by atoms with Gasteiger partial charge in [0.25, 0.3) is 0 Å². The highest BCUT2D eigenvalue weighted by Gasteiger charge is 2.56. The van der Waals surface area contributed by atoms with Crippen LogP contribution in [0, 0.1) is 6.92 Å².